The van der Waals surface area contributed by atoms with E-state index in [1.54, 1.807) is 0 Å². The number of phosphoric ester groups is 1. The number of rotatable bonds is 45. The van der Waals surface area contributed by atoms with Gasteiger partial charge in [0.15, 0.2) is 6.10 Å². The molecule has 0 fully saturated rings. The topological polar surface area (TPSA) is 108 Å². The number of esters is 2. The quantitative estimate of drug-likeness (QED) is 0.0212. The molecular weight excluding hydrogens is 810 g/mol. The molecule has 63 heavy (non-hydrogen) atoms. The van der Waals surface area contributed by atoms with Crippen molar-refractivity contribution < 1.29 is 42.1 Å². The number of hydrogen-bond donors (Lipinski definition) is 1. The number of carbonyl (C=O) groups excluding carboxylic acids is 2. The third-order valence-corrected chi connectivity index (χ3v) is 11.4. The first-order valence-electron chi connectivity index (χ1n) is 25.2. The first-order valence-corrected chi connectivity index (χ1v) is 26.7. The zero-order valence-electron chi connectivity index (χ0n) is 41.0. The minimum Gasteiger partial charge on any atom is -0.462 e. The van der Waals surface area contributed by atoms with Crippen LogP contribution in [0, 0.1) is 0 Å². The molecule has 0 aliphatic rings. The zero-order chi connectivity index (χ0) is 46.4. The number of nitrogens with zero attached hydrogens (tertiary/aromatic N) is 1. The van der Waals surface area contributed by atoms with E-state index >= 15 is 0 Å². The lowest BCUT2D eigenvalue weighted by Crippen LogP contribution is -2.37. The van der Waals surface area contributed by atoms with Crippen LogP contribution in [0.2, 0.25) is 0 Å². The van der Waals surface area contributed by atoms with Crippen LogP contribution in [-0.2, 0) is 32.7 Å². The van der Waals surface area contributed by atoms with E-state index in [4.69, 9.17) is 18.5 Å². The lowest BCUT2D eigenvalue weighted by Gasteiger charge is -2.24. The van der Waals surface area contributed by atoms with E-state index in [2.05, 4.69) is 86.8 Å². The summed E-state index contributed by atoms with van der Waals surface area (Å²) in [4.78, 5) is 35.4. The highest BCUT2D eigenvalue weighted by Crippen LogP contribution is 2.43. The Morgan fingerprint density at radius 2 is 0.905 bits per heavy atom. The smallest absolute Gasteiger partial charge is 0.462 e. The van der Waals surface area contributed by atoms with Crippen LogP contribution in [0.5, 0.6) is 0 Å². The summed E-state index contributed by atoms with van der Waals surface area (Å²) in [6.07, 6.45) is 56.9. The maximum atomic E-state index is 12.7. The van der Waals surface area contributed by atoms with E-state index in [0.29, 0.717) is 17.4 Å². The maximum Gasteiger partial charge on any atom is 0.472 e. The molecule has 0 aromatic rings. The van der Waals surface area contributed by atoms with Gasteiger partial charge in [0.05, 0.1) is 27.7 Å². The molecule has 0 saturated heterocycles. The molecule has 0 spiro atoms. The van der Waals surface area contributed by atoms with Crippen molar-refractivity contribution in [2.24, 2.45) is 0 Å². The van der Waals surface area contributed by atoms with E-state index < -0.39 is 26.5 Å². The molecule has 0 aromatic carbocycles. The van der Waals surface area contributed by atoms with Gasteiger partial charge in [0, 0.05) is 12.8 Å². The van der Waals surface area contributed by atoms with Crippen LogP contribution >= 0.6 is 7.82 Å². The normalized spacial score (nSPS) is 14.1. The average Bonchev–Trinajstić information content (AvgIpc) is 3.24. The Morgan fingerprint density at radius 3 is 1.37 bits per heavy atom. The van der Waals surface area contributed by atoms with Gasteiger partial charge in [-0.1, -0.05) is 183 Å². The predicted molar refractivity (Wildman–Crippen MR) is 266 cm³/mol. The van der Waals surface area contributed by atoms with Gasteiger partial charge in [-0.15, -0.1) is 0 Å². The highest BCUT2D eigenvalue weighted by atomic mass is 31.2. The number of unbranched alkanes of at least 4 members (excludes halogenated alkanes) is 19. The zero-order valence-corrected chi connectivity index (χ0v) is 41.9. The molecule has 2 atom stereocenters. The number of likely N-dealkylation sites (N-methyl/N-ethyl adjacent to an activating group) is 1. The predicted octanol–water partition coefficient (Wildman–Crippen LogP) is 15.0. The van der Waals surface area contributed by atoms with E-state index in [9.17, 15) is 19.0 Å². The second-order valence-electron chi connectivity index (χ2n) is 17.8. The Kier molecular flexibility index (Phi) is 42.8. The van der Waals surface area contributed by atoms with Crippen LogP contribution in [0.1, 0.15) is 200 Å². The summed E-state index contributed by atoms with van der Waals surface area (Å²) in [6, 6.07) is 0. The van der Waals surface area contributed by atoms with Crippen LogP contribution in [-0.4, -0.2) is 74.9 Å². The highest BCUT2D eigenvalue weighted by Gasteiger charge is 2.27. The Balaban J connectivity index is 4.11. The number of phosphoric acid groups is 1. The monoisotopic (exact) mass is 905 g/mol. The van der Waals surface area contributed by atoms with Crippen LogP contribution < -0.4 is 0 Å². The van der Waals surface area contributed by atoms with Gasteiger partial charge < -0.3 is 18.9 Å². The largest absolute Gasteiger partial charge is 0.472 e. The van der Waals surface area contributed by atoms with E-state index in [-0.39, 0.29) is 32.0 Å². The van der Waals surface area contributed by atoms with Gasteiger partial charge in [-0.05, 0) is 77.0 Å². The summed E-state index contributed by atoms with van der Waals surface area (Å²) in [5, 5.41) is 0. The molecule has 0 aliphatic heterocycles. The van der Waals surface area contributed by atoms with Crippen molar-refractivity contribution in [3.63, 3.8) is 0 Å². The van der Waals surface area contributed by atoms with Gasteiger partial charge in [-0.2, -0.15) is 0 Å². The molecule has 10 heteroatoms. The molecule has 2 unspecified atom stereocenters. The fraction of sp³-hybridized carbons (Fsp3) is 0.736. The molecule has 0 rings (SSSR count). The van der Waals surface area contributed by atoms with Gasteiger partial charge >= 0.3 is 19.8 Å². The van der Waals surface area contributed by atoms with E-state index in [1.807, 2.05) is 21.1 Å². The summed E-state index contributed by atoms with van der Waals surface area (Å²) >= 11 is 0. The average molecular weight is 905 g/mol. The maximum absolute atomic E-state index is 12.7. The van der Waals surface area contributed by atoms with Crippen LogP contribution in [0.15, 0.2) is 72.9 Å². The summed E-state index contributed by atoms with van der Waals surface area (Å²) in [7, 11) is 1.46. The lowest BCUT2D eigenvalue weighted by atomic mass is 10.0. The summed E-state index contributed by atoms with van der Waals surface area (Å²) < 4.78 is 34.3. The van der Waals surface area contributed by atoms with Crippen LogP contribution in [0.25, 0.3) is 0 Å². The Bertz CT molecular complexity index is 1300. The first-order chi connectivity index (χ1) is 30.5. The standard InChI is InChI=1S/C53H94NO8P/c1-6-8-10-12-14-16-18-19-20-21-22-23-24-25-26-27-28-29-30-31-32-33-34-35-36-38-40-42-44-46-53(56)62-51(50-61-63(57,58)60-48-47-54(3,4)5)49-59-52(55)45-43-41-39-37-17-15-13-11-9-7-2/h8,10-11,13-14,16,19-20,22-23,25-26,51H,6-7,9,12,15,17-18,21,24,27-50H2,1-5H3/p+1/b10-8-,13-11-,16-14-,20-19-,23-22-,26-25-. The molecule has 1 N–H and O–H groups in total. The van der Waals surface area contributed by atoms with Crippen LogP contribution in [0.4, 0.5) is 0 Å². The number of ether oxygens (including phenoxy) is 2. The SMILES string of the molecule is CC/C=C\C/C=C\C/C=C\C/C=C\C/C=C\CCCCCCCCCCCCCCCC(=O)OC(COC(=O)CCCCCCC/C=C\CCC)COP(=O)(O)OCC[N+](C)(C)C. The number of quaternary nitrogens is 1. The van der Waals surface area contributed by atoms with Crippen molar-refractivity contribution in [2.45, 2.75) is 206 Å². The molecule has 0 aromatic heterocycles. The molecule has 364 valence electrons. The van der Waals surface area contributed by atoms with Crippen molar-refractivity contribution in [1.82, 2.24) is 0 Å². The van der Waals surface area contributed by atoms with E-state index in [1.165, 1.54) is 70.6 Å². The minimum absolute atomic E-state index is 0.0280. The van der Waals surface area contributed by atoms with E-state index in [0.717, 1.165) is 96.3 Å². The summed E-state index contributed by atoms with van der Waals surface area (Å²) in [6.45, 7) is 4.23. The van der Waals surface area contributed by atoms with Gasteiger partial charge in [-0.25, -0.2) is 4.57 Å². The third-order valence-electron chi connectivity index (χ3n) is 10.5. The molecule has 0 radical (unpaired) electrons. The second-order valence-corrected chi connectivity index (χ2v) is 19.3. The van der Waals surface area contributed by atoms with Gasteiger partial charge in [0.2, 0.25) is 0 Å². The fourth-order valence-electron chi connectivity index (χ4n) is 6.57. The molecular formula is C53H95NO8P+. The van der Waals surface area contributed by atoms with Gasteiger partial charge in [-0.3, -0.25) is 18.6 Å². The van der Waals surface area contributed by atoms with Crippen molar-refractivity contribution in [1.29, 1.82) is 0 Å². The molecule has 0 amide bonds. The highest BCUT2D eigenvalue weighted by molar-refractivity contribution is 7.47. The third kappa shape index (κ3) is 48.7. The lowest BCUT2D eigenvalue weighted by molar-refractivity contribution is -0.870. The minimum atomic E-state index is -4.38. The Hall–Kier alpha value is -2.55. The molecule has 0 bridgehead atoms. The van der Waals surface area contributed by atoms with Crippen molar-refractivity contribution in [3.8, 4) is 0 Å². The fourth-order valence-corrected chi connectivity index (χ4v) is 7.31. The molecule has 0 saturated carbocycles. The summed E-state index contributed by atoms with van der Waals surface area (Å²) in [5.74, 6) is -0.814. The Morgan fingerprint density at radius 1 is 0.508 bits per heavy atom. The van der Waals surface area contributed by atoms with Crippen molar-refractivity contribution >= 4 is 19.8 Å². The number of hydrogen-bond acceptors (Lipinski definition) is 7. The molecule has 0 aliphatic carbocycles. The van der Waals surface area contributed by atoms with Crippen molar-refractivity contribution in [2.75, 3.05) is 47.5 Å². The number of allylic oxidation sites excluding steroid dienone is 12. The number of carbonyl (C=O) groups is 2. The molecule has 0 heterocycles. The molecule has 9 nitrogen and oxygen atoms in total. The second kappa shape index (κ2) is 44.6. The van der Waals surface area contributed by atoms with Crippen molar-refractivity contribution in [3.05, 3.63) is 72.9 Å². The van der Waals surface area contributed by atoms with Crippen LogP contribution in [0.3, 0.4) is 0 Å². The Labute approximate surface area is 387 Å². The van der Waals surface area contributed by atoms with Gasteiger partial charge in [0.1, 0.15) is 19.8 Å². The first kappa shape index (κ1) is 60.5. The summed E-state index contributed by atoms with van der Waals surface area (Å²) in [5.41, 5.74) is 0. The van der Waals surface area contributed by atoms with Gasteiger partial charge in [0.25, 0.3) is 0 Å².